The number of rotatable bonds is 7. The summed E-state index contributed by atoms with van der Waals surface area (Å²) in [4.78, 5) is 23.6. The van der Waals surface area contributed by atoms with E-state index in [0.29, 0.717) is 5.75 Å². The molecular formula is C19H23N3O5S. The monoisotopic (exact) mass is 405 g/mol. The molecule has 0 spiro atoms. The highest BCUT2D eigenvalue weighted by Gasteiger charge is 2.20. The molecule has 8 nitrogen and oxygen atoms in total. The predicted molar refractivity (Wildman–Crippen MR) is 107 cm³/mol. The number of hydrogen-bond acceptors (Lipinski definition) is 5. The first-order valence-electron chi connectivity index (χ1n) is 8.52. The summed E-state index contributed by atoms with van der Waals surface area (Å²) in [6, 6.07) is 10.3. The van der Waals surface area contributed by atoms with Crippen LogP contribution in [0, 0.1) is 0 Å². The number of carbonyl (C=O) groups is 2. The average Bonchev–Trinajstić information content (AvgIpc) is 2.60. The summed E-state index contributed by atoms with van der Waals surface area (Å²) in [5, 5.41) is 5.26. The van der Waals surface area contributed by atoms with Crippen LogP contribution in [0.2, 0.25) is 0 Å². The van der Waals surface area contributed by atoms with E-state index in [4.69, 9.17) is 4.74 Å². The third kappa shape index (κ3) is 5.23. The molecule has 9 heteroatoms. The normalized spacial score (nSPS) is 11.0. The van der Waals surface area contributed by atoms with Crippen LogP contribution in [0.25, 0.3) is 0 Å². The molecule has 150 valence electrons. The highest BCUT2D eigenvalue weighted by atomic mass is 32.2. The second-order valence-electron chi connectivity index (χ2n) is 6.32. The molecule has 0 aliphatic carbocycles. The fourth-order valence-corrected chi connectivity index (χ4v) is 3.56. The van der Waals surface area contributed by atoms with E-state index in [1.54, 1.807) is 12.1 Å². The molecule has 0 bridgehead atoms. The molecule has 0 saturated heterocycles. The number of benzene rings is 2. The lowest BCUT2D eigenvalue weighted by atomic mass is 10.1. The number of carbonyl (C=O) groups excluding carboxylic acids is 2. The minimum absolute atomic E-state index is 0.0869. The number of sulfonamides is 1. The lowest BCUT2D eigenvalue weighted by Gasteiger charge is -2.15. The van der Waals surface area contributed by atoms with Crippen LogP contribution in [-0.4, -0.2) is 33.4 Å². The van der Waals surface area contributed by atoms with Crippen molar-refractivity contribution in [1.82, 2.24) is 5.32 Å². The van der Waals surface area contributed by atoms with Crippen molar-refractivity contribution in [3.05, 3.63) is 48.0 Å². The Morgan fingerprint density at radius 3 is 2.32 bits per heavy atom. The van der Waals surface area contributed by atoms with Crippen molar-refractivity contribution in [2.75, 3.05) is 17.1 Å². The summed E-state index contributed by atoms with van der Waals surface area (Å²) < 4.78 is 33.2. The number of ether oxygens (including phenoxy) is 1. The summed E-state index contributed by atoms with van der Waals surface area (Å²) in [5.41, 5.74) is 0.580. The van der Waals surface area contributed by atoms with Gasteiger partial charge in [0.15, 0.2) is 0 Å². The first-order chi connectivity index (χ1) is 13.1. The van der Waals surface area contributed by atoms with Gasteiger partial charge in [0.05, 0.1) is 28.9 Å². The van der Waals surface area contributed by atoms with Gasteiger partial charge in [0.25, 0.3) is 15.9 Å². The third-order valence-corrected chi connectivity index (χ3v) is 4.99. The summed E-state index contributed by atoms with van der Waals surface area (Å²) in [5.74, 6) is -0.427. The Balaban J connectivity index is 2.40. The molecule has 0 radical (unpaired) electrons. The van der Waals surface area contributed by atoms with E-state index in [1.165, 1.54) is 44.4 Å². The molecule has 3 N–H and O–H groups in total. The van der Waals surface area contributed by atoms with Crippen molar-refractivity contribution in [2.24, 2.45) is 0 Å². The number of methoxy groups -OCH3 is 1. The molecule has 2 amide bonds. The Kier molecular flexibility index (Phi) is 6.63. The largest absolute Gasteiger partial charge is 0.495 e. The van der Waals surface area contributed by atoms with Gasteiger partial charge in [-0.05, 0) is 44.2 Å². The second-order valence-corrected chi connectivity index (χ2v) is 8.00. The maximum absolute atomic E-state index is 12.8. The predicted octanol–water partition coefficient (Wildman–Crippen LogP) is 2.59. The van der Waals surface area contributed by atoms with Gasteiger partial charge in [-0.2, -0.15) is 0 Å². The molecule has 0 aliphatic rings. The maximum atomic E-state index is 12.8. The minimum Gasteiger partial charge on any atom is -0.495 e. The Morgan fingerprint density at radius 1 is 1.04 bits per heavy atom. The Hall–Kier alpha value is -3.07. The lowest BCUT2D eigenvalue weighted by molar-refractivity contribution is -0.114. The maximum Gasteiger partial charge on any atom is 0.261 e. The first-order valence-corrected chi connectivity index (χ1v) is 10.0. The van der Waals surface area contributed by atoms with Crippen molar-refractivity contribution in [2.45, 2.75) is 31.7 Å². The van der Waals surface area contributed by atoms with E-state index in [9.17, 15) is 18.0 Å². The first kappa shape index (κ1) is 21.2. The zero-order valence-electron chi connectivity index (χ0n) is 16.1. The van der Waals surface area contributed by atoms with E-state index in [-0.39, 0.29) is 39.7 Å². The topological polar surface area (TPSA) is 114 Å². The fourth-order valence-electron chi connectivity index (χ4n) is 2.46. The van der Waals surface area contributed by atoms with Gasteiger partial charge in [-0.3, -0.25) is 14.3 Å². The summed E-state index contributed by atoms with van der Waals surface area (Å²) in [7, 11) is -2.60. The van der Waals surface area contributed by atoms with Gasteiger partial charge in [0.1, 0.15) is 5.75 Å². The van der Waals surface area contributed by atoms with E-state index >= 15 is 0 Å². The van der Waals surface area contributed by atoms with Crippen molar-refractivity contribution < 1.29 is 22.7 Å². The van der Waals surface area contributed by atoms with Gasteiger partial charge < -0.3 is 15.4 Å². The molecule has 2 rings (SSSR count). The minimum atomic E-state index is -4.02. The van der Waals surface area contributed by atoms with E-state index in [1.807, 2.05) is 13.8 Å². The van der Waals surface area contributed by atoms with Gasteiger partial charge in [0.2, 0.25) is 5.91 Å². The summed E-state index contributed by atoms with van der Waals surface area (Å²) in [6.07, 6.45) is 0. The standard InChI is InChI=1S/C19H23N3O5S/c1-12(2)20-19(24)15-7-5-6-8-16(15)22-28(25,26)14-9-10-18(27-4)17(11-14)21-13(3)23/h5-12,22H,1-4H3,(H,20,24)(H,21,23). The summed E-state index contributed by atoms with van der Waals surface area (Å²) >= 11 is 0. The Morgan fingerprint density at radius 2 is 1.71 bits per heavy atom. The zero-order valence-corrected chi connectivity index (χ0v) is 16.9. The van der Waals surface area contributed by atoms with Gasteiger partial charge >= 0.3 is 0 Å². The number of para-hydroxylation sites is 1. The van der Waals surface area contributed by atoms with Crippen LogP contribution in [0.5, 0.6) is 5.75 Å². The number of hydrogen-bond donors (Lipinski definition) is 3. The van der Waals surface area contributed by atoms with Gasteiger partial charge in [-0.1, -0.05) is 12.1 Å². The van der Waals surface area contributed by atoms with Gasteiger partial charge in [0, 0.05) is 13.0 Å². The molecular weight excluding hydrogens is 382 g/mol. The number of anilines is 2. The van der Waals surface area contributed by atoms with Crippen LogP contribution >= 0.6 is 0 Å². The van der Waals surface area contributed by atoms with E-state index < -0.39 is 10.0 Å². The smallest absolute Gasteiger partial charge is 0.261 e. The van der Waals surface area contributed by atoms with E-state index in [2.05, 4.69) is 15.4 Å². The highest BCUT2D eigenvalue weighted by molar-refractivity contribution is 7.92. The molecule has 0 saturated carbocycles. The summed E-state index contributed by atoms with van der Waals surface area (Å²) in [6.45, 7) is 4.93. The second kappa shape index (κ2) is 8.75. The van der Waals surface area contributed by atoms with Crippen molar-refractivity contribution in [3.8, 4) is 5.75 Å². The van der Waals surface area contributed by atoms with Crippen LogP contribution in [0.4, 0.5) is 11.4 Å². The fraction of sp³-hybridized carbons (Fsp3) is 0.263. The van der Waals surface area contributed by atoms with Crippen LogP contribution in [0.3, 0.4) is 0 Å². The molecule has 0 aliphatic heterocycles. The van der Waals surface area contributed by atoms with Crippen molar-refractivity contribution >= 4 is 33.2 Å². The van der Waals surface area contributed by atoms with Crippen LogP contribution < -0.4 is 20.1 Å². The lowest BCUT2D eigenvalue weighted by Crippen LogP contribution is -2.31. The molecule has 0 atom stereocenters. The Bertz CT molecular complexity index is 987. The highest BCUT2D eigenvalue weighted by Crippen LogP contribution is 2.29. The van der Waals surface area contributed by atoms with Crippen molar-refractivity contribution in [3.63, 3.8) is 0 Å². The third-order valence-electron chi connectivity index (χ3n) is 3.63. The Labute approximate surface area is 164 Å². The van der Waals surface area contributed by atoms with Crippen LogP contribution in [0.1, 0.15) is 31.1 Å². The molecule has 0 heterocycles. The number of amides is 2. The van der Waals surface area contributed by atoms with Gasteiger partial charge in [-0.25, -0.2) is 8.42 Å². The zero-order chi connectivity index (χ0) is 20.9. The average molecular weight is 405 g/mol. The molecule has 0 fully saturated rings. The molecule has 2 aromatic carbocycles. The van der Waals surface area contributed by atoms with E-state index in [0.717, 1.165) is 0 Å². The molecule has 0 aromatic heterocycles. The van der Waals surface area contributed by atoms with Crippen LogP contribution in [-0.2, 0) is 14.8 Å². The number of nitrogens with one attached hydrogen (secondary N) is 3. The quantitative estimate of drug-likeness (QED) is 0.655. The molecule has 2 aromatic rings. The van der Waals surface area contributed by atoms with Gasteiger partial charge in [-0.15, -0.1) is 0 Å². The van der Waals surface area contributed by atoms with Crippen molar-refractivity contribution in [1.29, 1.82) is 0 Å². The van der Waals surface area contributed by atoms with Crippen LogP contribution in [0.15, 0.2) is 47.4 Å². The molecule has 0 unspecified atom stereocenters. The SMILES string of the molecule is COc1ccc(S(=O)(=O)Nc2ccccc2C(=O)NC(C)C)cc1NC(C)=O. The molecule has 28 heavy (non-hydrogen) atoms.